The predicted octanol–water partition coefficient (Wildman–Crippen LogP) is 4.53. The Balaban J connectivity index is 2.50. The van der Waals surface area contributed by atoms with Crippen LogP contribution in [0.4, 0.5) is 0 Å². The molecule has 0 amide bonds. The molecule has 0 aliphatic heterocycles. The van der Waals surface area contributed by atoms with Gasteiger partial charge in [-0.1, -0.05) is 68.8 Å². The molecule has 74 valence electrons. The van der Waals surface area contributed by atoms with Crippen LogP contribution in [0.3, 0.4) is 0 Å². The largest absolute Gasteiger partial charge is 0.0985 e. The maximum Gasteiger partial charge on any atom is -0.0259 e. The minimum absolute atomic E-state index is 1.18. The summed E-state index contributed by atoms with van der Waals surface area (Å²) in [5.41, 5.74) is 2.45. The highest BCUT2D eigenvalue weighted by Gasteiger charge is 1.86. The van der Waals surface area contributed by atoms with Gasteiger partial charge in [-0.3, -0.25) is 0 Å². The van der Waals surface area contributed by atoms with Crippen LogP contribution in [0.5, 0.6) is 0 Å². The fourth-order valence-electron chi connectivity index (χ4n) is 1.28. The van der Waals surface area contributed by atoms with Crippen molar-refractivity contribution in [1.29, 1.82) is 0 Å². The van der Waals surface area contributed by atoms with Gasteiger partial charge >= 0.3 is 0 Å². The standard InChI is InChI=1S/C14H18/c1-3-5-6-7-8-14-11-9-13(4-2)10-12-14/h4,7-12H,2-3,5-6H2,1H3/b8-7+. The van der Waals surface area contributed by atoms with E-state index >= 15 is 0 Å². The maximum atomic E-state index is 3.73. The van der Waals surface area contributed by atoms with Gasteiger partial charge in [0.15, 0.2) is 0 Å². The number of allylic oxidation sites excluding steroid dienone is 1. The third kappa shape index (κ3) is 3.61. The molecule has 0 bridgehead atoms. The second-order valence-electron chi connectivity index (χ2n) is 3.42. The summed E-state index contributed by atoms with van der Waals surface area (Å²) in [6.07, 6.45) is 10.0. The van der Waals surface area contributed by atoms with E-state index in [2.05, 4.69) is 49.9 Å². The molecular formula is C14H18. The first-order valence-corrected chi connectivity index (χ1v) is 5.26. The summed E-state index contributed by atoms with van der Waals surface area (Å²) >= 11 is 0. The molecule has 0 N–H and O–H groups in total. The van der Waals surface area contributed by atoms with E-state index in [0.717, 1.165) is 0 Å². The quantitative estimate of drug-likeness (QED) is 0.592. The molecule has 0 aromatic heterocycles. The molecule has 0 saturated heterocycles. The van der Waals surface area contributed by atoms with E-state index in [1.54, 1.807) is 0 Å². The van der Waals surface area contributed by atoms with Crippen LogP contribution < -0.4 is 0 Å². The summed E-state index contributed by atoms with van der Waals surface area (Å²) in [5.74, 6) is 0. The van der Waals surface area contributed by atoms with Crippen molar-refractivity contribution in [2.75, 3.05) is 0 Å². The number of unbranched alkanes of at least 4 members (excludes halogenated alkanes) is 2. The van der Waals surface area contributed by atoms with E-state index in [-0.39, 0.29) is 0 Å². The van der Waals surface area contributed by atoms with Crippen LogP contribution in [0, 0.1) is 0 Å². The fourth-order valence-corrected chi connectivity index (χ4v) is 1.28. The summed E-state index contributed by atoms with van der Waals surface area (Å²) in [5, 5.41) is 0. The van der Waals surface area contributed by atoms with Gasteiger partial charge in [-0.2, -0.15) is 0 Å². The second-order valence-corrected chi connectivity index (χ2v) is 3.42. The van der Waals surface area contributed by atoms with Crippen LogP contribution >= 0.6 is 0 Å². The van der Waals surface area contributed by atoms with E-state index < -0.39 is 0 Å². The third-order valence-electron chi connectivity index (χ3n) is 2.21. The first-order chi connectivity index (χ1) is 6.86. The normalized spacial score (nSPS) is 10.6. The molecule has 0 nitrogen and oxygen atoms in total. The monoisotopic (exact) mass is 186 g/mol. The Kier molecular flexibility index (Phi) is 4.77. The van der Waals surface area contributed by atoms with Gasteiger partial charge in [-0.25, -0.2) is 0 Å². The molecule has 1 rings (SSSR count). The van der Waals surface area contributed by atoms with Crippen molar-refractivity contribution in [1.82, 2.24) is 0 Å². The van der Waals surface area contributed by atoms with Crippen molar-refractivity contribution in [3.8, 4) is 0 Å². The molecule has 0 unspecified atom stereocenters. The van der Waals surface area contributed by atoms with Gasteiger partial charge in [0.05, 0.1) is 0 Å². The van der Waals surface area contributed by atoms with Gasteiger partial charge < -0.3 is 0 Å². The van der Waals surface area contributed by atoms with Crippen molar-refractivity contribution in [2.45, 2.75) is 26.2 Å². The maximum absolute atomic E-state index is 3.73. The molecule has 0 radical (unpaired) electrons. The van der Waals surface area contributed by atoms with E-state index in [0.29, 0.717) is 0 Å². The first kappa shape index (κ1) is 10.8. The van der Waals surface area contributed by atoms with Crippen LogP contribution in [0.15, 0.2) is 36.9 Å². The highest BCUT2D eigenvalue weighted by molar-refractivity contribution is 5.54. The first-order valence-electron chi connectivity index (χ1n) is 5.26. The molecule has 1 aromatic rings. The minimum Gasteiger partial charge on any atom is -0.0985 e. The fraction of sp³-hybridized carbons (Fsp3) is 0.286. The zero-order valence-electron chi connectivity index (χ0n) is 8.87. The number of benzene rings is 1. The summed E-state index contributed by atoms with van der Waals surface area (Å²) < 4.78 is 0. The van der Waals surface area contributed by atoms with Crippen LogP contribution in [0.1, 0.15) is 37.3 Å². The van der Waals surface area contributed by atoms with Crippen molar-refractivity contribution in [3.63, 3.8) is 0 Å². The van der Waals surface area contributed by atoms with Gasteiger partial charge in [-0.15, -0.1) is 0 Å². The van der Waals surface area contributed by atoms with Gasteiger partial charge in [0, 0.05) is 0 Å². The van der Waals surface area contributed by atoms with Crippen molar-refractivity contribution >= 4 is 12.2 Å². The van der Waals surface area contributed by atoms with E-state index in [4.69, 9.17) is 0 Å². The molecule has 0 aliphatic rings. The van der Waals surface area contributed by atoms with Crippen LogP contribution in [0.25, 0.3) is 12.2 Å². The molecule has 14 heavy (non-hydrogen) atoms. The zero-order valence-corrected chi connectivity index (χ0v) is 8.87. The van der Waals surface area contributed by atoms with Crippen LogP contribution in [-0.2, 0) is 0 Å². The third-order valence-corrected chi connectivity index (χ3v) is 2.21. The van der Waals surface area contributed by atoms with Gasteiger partial charge in [0.25, 0.3) is 0 Å². The molecule has 1 aromatic carbocycles. The van der Waals surface area contributed by atoms with Gasteiger partial charge in [0.1, 0.15) is 0 Å². The summed E-state index contributed by atoms with van der Waals surface area (Å²) in [6, 6.07) is 8.43. The Labute approximate surface area is 87.0 Å². The van der Waals surface area contributed by atoms with Crippen LogP contribution in [-0.4, -0.2) is 0 Å². The minimum atomic E-state index is 1.18. The lowest BCUT2D eigenvalue weighted by molar-refractivity contribution is 0.816. The summed E-state index contributed by atoms with van der Waals surface area (Å²) in [7, 11) is 0. The lowest BCUT2D eigenvalue weighted by Crippen LogP contribution is -1.74. The topological polar surface area (TPSA) is 0 Å². The SMILES string of the molecule is C=Cc1ccc(/C=C/CCCC)cc1. The molecule has 0 spiro atoms. The van der Waals surface area contributed by atoms with Crippen molar-refractivity contribution < 1.29 is 0 Å². The average Bonchev–Trinajstić information content (AvgIpc) is 2.25. The number of hydrogen-bond donors (Lipinski definition) is 0. The zero-order chi connectivity index (χ0) is 10.2. The Morgan fingerprint density at radius 1 is 1.14 bits per heavy atom. The van der Waals surface area contributed by atoms with Gasteiger partial charge in [-0.05, 0) is 17.5 Å². The van der Waals surface area contributed by atoms with Crippen LogP contribution in [0.2, 0.25) is 0 Å². The Hall–Kier alpha value is -1.30. The highest BCUT2D eigenvalue weighted by Crippen LogP contribution is 2.08. The highest BCUT2D eigenvalue weighted by atomic mass is 13.9. The Morgan fingerprint density at radius 2 is 1.79 bits per heavy atom. The smallest absolute Gasteiger partial charge is 0.0259 e. The van der Waals surface area contributed by atoms with Gasteiger partial charge in [0.2, 0.25) is 0 Å². The van der Waals surface area contributed by atoms with E-state index in [1.165, 1.54) is 30.4 Å². The van der Waals surface area contributed by atoms with E-state index in [9.17, 15) is 0 Å². The molecule has 0 saturated carbocycles. The average molecular weight is 186 g/mol. The number of rotatable bonds is 5. The molecule has 0 atom stereocenters. The lowest BCUT2D eigenvalue weighted by Gasteiger charge is -1.95. The van der Waals surface area contributed by atoms with Crippen molar-refractivity contribution in [3.05, 3.63) is 48.0 Å². The Morgan fingerprint density at radius 3 is 2.36 bits per heavy atom. The molecule has 0 fully saturated rings. The lowest BCUT2D eigenvalue weighted by atomic mass is 10.1. The van der Waals surface area contributed by atoms with E-state index in [1.807, 2.05) is 6.08 Å². The Bertz CT molecular complexity index is 290. The molecule has 0 heteroatoms. The molecule has 0 aliphatic carbocycles. The molecular weight excluding hydrogens is 168 g/mol. The molecule has 0 heterocycles. The second kappa shape index (κ2) is 6.20. The summed E-state index contributed by atoms with van der Waals surface area (Å²) in [4.78, 5) is 0. The summed E-state index contributed by atoms with van der Waals surface area (Å²) in [6.45, 7) is 5.94. The predicted molar refractivity (Wildman–Crippen MR) is 65.1 cm³/mol. The number of hydrogen-bond acceptors (Lipinski definition) is 0. The van der Waals surface area contributed by atoms with Crippen molar-refractivity contribution in [2.24, 2.45) is 0 Å².